The van der Waals surface area contributed by atoms with E-state index in [4.69, 9.17) is 5.11 Å². The number of carboxylic acid groups (broad SMARTS) is 1. The first-order valence-corrected chi connectivity index (χ1v) is 6.81. The monoisotopic (exact) mass is 257 g/mol. The topological polar surface area (TPSA) is 109 Å². The van der Waals surface area contributed by atoms with Gasteiger partial charge in [0.2, 0.25) is 5.95 Å². The fraction of sp³-hybridized carbons (Fsp3) is 0.444. The van der Waals surface area contributed by atoms with Crippen molar-refractivity contribution in [1.82, 2.24) is 9.97 Å². The molecule has 2 N–H and O–H groups in total. The molecule has 1 atom stereocenters. The van der Waals surface area contributed by atoms with E-state index in [1.165, 1.54) is 12.4 Å². The third-order valence-electron chi connectivity index (χ3n) is 2.46. The van der Waals surface area contributed by atoms with E-state index < -0.39 is 15.8 Å². The number of hydrogen-bond acceptors (Lipinski definition) is 6. The summed E-state index contributed by atoms with van der Waals surface area (Å²) in [6.07, 6.45) is 2.88. The Morgan fingerprint density at radius 2 is 2.06 bits per heavy atom. The standard InChI is InChI=1S/C9H11N3O4S/c13-8(14)6-3-10-9(11-4-6)12-7-1-2-17(15,16)5-7/h3-4,7H,1-2,5H2,(H,13,14)(H,10,11,12). The van der Waals surface area contributed by atoms with Crippen molar-refractivity contribution in [2.75, 3.05) is 16.8 Å². The van der Waals surface area contributed by atoms with Gasteiger partial charge in [-0.25, -0.2) is 23.2 Å². The first-order valence-electron chi connectivity index (χ1n) is 4.98. The van der Waals surface area contributed by atoms with Crippen molar-refractivity contribution in [2.45, 2.75) is 12.5 Å². The average molecular weight is 257 g/mol. The molecule has 0 spiro atoms. The summed E-state index contributed by atoms with van der Waals surface area (Å²) in [5.41, 5.74) is -0.00501. The molecule has 1 unspecified atom stereocenters. The van der Waals surface area contributed by atoms with Crippen LogP contribution in [0.4, 0.5) is 5.95 Å². The second-order valence-electron chi connectivity index (χ2n) is 3.84. The van der Waals surface area contributed by atoms with Crippen LogP contribution in [0, 0.1) is 0 Å². The highest BCUT2D eigenvalue weighted by Gasteiger charge is 2.28. The molecule has 0 saturated carbocycles. The van der Waals surface area contributed by atoms with Crippen LogP contribution in [0.2, 0.25) is 0 Å². The van der Waals surface area contributed by atoms with Crippen LogP contribution in [0.15, 0.2) is 12.4 Å². The summed E-state index contributed by atoms with van der Waals surface area (Å²) < 4.78 is 22.4. The van der Waals surface area contributed by atoms with Crippen molar-refractivity contribution in [3.05, 3.63) is 18.0 Å². The largest absolute Gasteiger partial charge is 0.478 e. The Kier molecular flexibility index (Phi) is 2.97. The van der Waals surface area contributed by atoms with Gasteiger partial charge in [0.15, 0.2) is 9.84 Å². The Morgan fingerprint density at radius 3 is 2.53 bits per heavy atom. The molecular weight excluding hydrogens is 246 g/mol. The Morgan fingerprint density at radius 1 is 1.41 bits per heavy atom. The quantitative estimate of drug-likeness (QED) is 0.769. The molecule has 7 nitrogen and oxygen atoms in total. The van der Waals surface area contributed by atoms with E-state index in [-0.39, 0.29) is 29.1 Å². The van der Waals surface area contributed by atoms with Crippen LogP contribution < -0.4 is 5.32 Å². The van der Waals surface area contributed by atoms with Crippen molar-refractivity contribution < 1.29 is 18.3 Å². The second-order valence-corrected chi connectivity index (χ2v) is 6.07. The predicted octanol–water partition coefficient (Wildman–Crippen LogP) is -0.226. The molecule has 17 heavy (non-hydrogen) atoms. The van der Waals surface area contributed by atoms with E-state index in [2.05, 4.69) is 15.3 Å². The third-order valence-corrected chi connectivity index (χ3v) is 4.23. The molecule has 1 aliphatic heterocycles. The molecule has 1 aliphatic rings. The highest BCUT2D eigenvalue weighted by atomic mass is 32.2. The summed E-state index contributed by atoms with van der Waals surface area (Å²) in [4.78, 5) is 18.2. The first-order chi connectivity index (χ1) is 7.96. The van der Waals surface area contributed by atoms with Crippen molar-refractivity contribution in [3.63, 3.8) is 0 Å². The van der Waals surface area contributed by atoms with Gasteiger partial charge in [-0.15, -0.1) is 0 Å². The number of sulfone groups is 1. The van der Waals surface area contributed by atoms with Gasteiger partial charge in [-0.2, -0.15) is 0 Å². The maximum atomic E-state index is 11.2. The average Bonchev–Trinajstić information content (AvgIpc) is 2.59. The number of aromatic carboxylic acids is 1. The molecule has 1 aromatic heterocycles. The van der Waals surface area contributed by atoms with E-state index >= 15 is 0 Å². The lowest BCUT2D eigenvalue weighted by Crippen LogP contribution is -2.22. The number of nitrogens with one attached hydrogen (secondary N) is 1. The van der Waals surface area contributed by atoms with E-state index in [0.717, 1.165) is 0 Å². The van der Waals surface area contributed by atoms with Crippen molar-refractivity contribution in [1.29, 1.82) is 0 Å². The number of carboxylic acids is 1. The number of hydrogen-bond donors (Lipinski definition) is 2. The zero-order valence-corrected chi connectivity index (χ0v) is 9.64. The molecule has 2 rings (SSSR count). The summed E-state index contributed by atoms with van der Waals surface area (Å²) in [6.45, 7) is 0. The smallest absolute Gasteiger partial charge is 0.338 e. The van der Waals surface area contributed by atoms with Crippen LogP contribution in [-0.2, 0) is 9.84 Å². The SMILES string of the molecule is O=C(O)c1cnc(NC2CCS(=O)(=O)C2)nc1. The highest BCUT2D eigenvalue weighted by molar-refractivity contribution is 7.91. The fourth-order valence-electron chi connectivity index (χ4n) is 1.60. The minimum Gasteiger partial charge on any atom is -0.478 e. The Bertz CT molecular complexity index is 526. The van der Waals surface area contributed by atoms with Gasteiger partial charge in [-0.3, -0.25) is 0 Å². The molecule has 0 bridgehead atoms. The summed E-state index contributed by atoms with van der Waals surface area (Å²) >= 11 is 0. The van der Waals surface area contributed by atoms with Gasteiger partial charge in [0.05, 0.1) is 17.1 Å². The summed E-state index contributed by atoms with van der Waals surface area (Å²) in [6, 6.07) is -0.198. The zero-order chi connectivity index (χ0) is 12.5. The minimum absolute atomic E-state index is 0.00501. The molecule has 0 radical (unpaired) electrons. The highest BCUT2D eigenvalue weighted by Crippen LogP contribution is 2.14. The third kappa shape index (κ3) is 2.90. The zero-order valence-electron chi connectivity index (χ0n) is 8.83. The number of anilines is 1. The molecule has 1 fully saturated rings. The maximum absolute atomic E-state index is 11.2. The lowest BCUT2D eigenvalue weighted by atomic mass is 10.3. The first kappa shape index (κ1) is 11.8. The molecule has 92 valence electrons. The van der Waals surface area contributed by atoms with Gasteiger partial charge in [0, 0.05) is 18.4 Å². The number of aromatic nitrogens is 2. The normalized spacial score (nSPS) is 22.2. The van der Waals surface area contributed by atoms with Crippen LogP contribution >= 0.6 is 0 Å². The van der Waals surface area contributed by atoms with Crippen LogP contribution in [0.5, 0.6) is 0 Å². The number of carbonyl (C=O) groups is 1. The van der Waals surface area contributed by atoms with Gasteiger partial charge in [-0.1, -0.05) is 0 Å². The summed E-state index contributed by atoms with van der Waals surface area (Å²) in [5.74, 6) is -0.619. The van der Waals surface area contributed by atoms with Crippen LogP contribution in [0.1, 0.15) is 16.8 Å². The molecule has 1 aromatic rings. The van der Waals surface area contributed by atoms with Gasteiger partial charge in [0.25, 0.3) is 0 Å². The van der Waals surface area contributed by atoms with Crippen molar-refractivity contribution >= 4 is 21.8 Å². The predicted molar refractivity (Wildman–Crippen MR) is 59.7 cm³/mol. The van der Waals surface area contributed by atoms with Gasteiger partial charge in [-0.05, 0) is 6.42 Å². The van der Waals surface area contributed by atoms with Crippen LogP contribution in [0.3, 0.4) is 0 Å². The maximum Gasteiger partial charge on any atom is 0.338 e. The Hall–Kier alpha value is -1.70. The Labute approximate surface area is 97.8 Å². The van der Waals surface area contributed by atoms with Crippen LogP contribution in [0.25, 0.3) is 0 Å². The fourth-order valence-corrected chi connectivity index (χ4v) is 3.28. The molecular formula is C9H11N3O4S. The van der Waals surface area contributed by atoms with Crippen molar-refractivity contribution in [3.8, 4) is 0 Å². The minimum atomic E-state index is -2.95. The van der Waals surface area contributed by atoms with Crippen LogP contribution in [-0.4, -0.2) is 47.0 Å². The molecule has 0 aromatic carbocycles. The van der Waals surface area contributed by atoms with E-state index in [1.807, 2.05) is 0 Å². The number of nitrogens with zero attached hydrogens (tertiary/aromatic N) is 2. The molecule has 0 amide bonds. The molecule has 2 heterocycles. The van der Waals surface area contributed by atoms with Gasteiger partial charge in [0.1, 0.15) is 0 Å². The van der Waals surface area contributed by atoms with Gasteiger partial charge >= 0.3 is 5.97 Å². The van der Waals surface area contributed by atoms with E-state index in [1.54, 1.807) is 0 Å². The lowest BCUT2D eigenvalue weighted by Gasteiger charge is -2.09. The Balaban J connectivity index is 2.03. The van der Waals surface area contributed by atoms with E-state index in [0.29, 0.717) is 6.42 Å². The lowest BCUT2D eigenvalue weighted by molar-refractivity contribution is 0.0696. The summed E-state index contributed by atoms with van der Waals surface area (Å²) in [5, 5.41) is 11.5. The van der Waals surface area contributed by atoms with Gasteiger partial charge < -0.3 is 10.4 Å². The molecule has 8 heteroatoms. The molecule has 0 aliphatic carbocycles. The number of rotatable bonds is 3. The van der Waals surface area contributed by atoms with E-state index in [9.17, 15) is 13.2 Å². The second kappa shape index (κ2) is 4.28. The summed E-state index contributed by atoms with van der Waals surface area (Å²) in [7, 11) is -2.95. The van der Waals surface area contributed by atoms with Crippen molar-refractivity contribution in [2.24, 2.45) is 0 Å². The molecule has 1 saturated heterocycles.